The van der Waals surface area contributed by atoms with Crippen molar-refractivity contribution in [1.82, 2.24) is 0 Å². The molecule has 2 atom stereocenters. The van der Waals surface area contributed by atoms with Crippen LogP contribution in [0.25, 0.3) is 0 Å². The van der Waals surface area contributed by atoms with Gasteiger partial charge in [0.1, 0.15) is 5.76 Å². The van der Waals surface area contributed by atoms with E-state index >= 15 is 0 Å². The molecular weight excluding hydrogens is 196 g/mol. The third-order valence-corrected chi connectivity index (χ3v) is 2.94. The number of carbonyl (C=O) groups is 1. The minimum atomic E-state index is -0.783. The molecule has 2 rings (SSSR count). The zero-order valence-electron chi connectivity index (χ0n) is 8.35. The first kappa shape index (κ1) is 10.2. The third-order valence-electron chi connectivity index (χ3n) is 2.94. The maximum atomic E-state index is 10.4. The molecule has 1 aliphatic rings. The van der Waals surface area contributed by atoms with E-state index in [0.717, 1.165) is 17.7 Å². The number of hydrogen-bond donors (Lipinski definition) is 2. The summed E-state index contributed by atoms with van der Waals surface area (Å²) in [5.74, 6) is 0.244. The molecule has 0 saturated carbocycles. The predicted octanol–water partition coefficient (Wildman–Crippen LogP) is 1.74. The van der Waals surface area contributed by atoms with Crippen LogP contribution in [0.4, 0.5) is 0 Å². The standard InChI is InChI=1S/C11H14O4/c12-9-5-7(1-2-11(13)14)6-10-8(9)3-4-15-10/h3-4,7,9,12H,1-2,5-6H2,(H,13,14). The van der Waals surface area contributed by atoms with Crippen molar-refractivity contribution >= 4 is 5.97 Å². The monoisotopic (exact) mass is 210 g/mol. The summed E-state index contributed by atoms with van der Waals surface area (Å²) < 4.78 is 5.26. The van der Waals surface area contributed by atoms with Crippen molar-refractivity contribution in [2.75, 3.05) is 0 Å². The Kier molecular flexibility index (Phi) is 2.77. The lowest BCUT2D eigenvalue weighted by Gasteiger charge is -2.24. The fourth-order valence-electron chi connectivity index (χ4n) is 2.15. The first-order valence-corrected chi connectivity index (χ1v) is 5.13. The Morgan fingerprint density at radius 1 is 1.60 bits per heavy atom. The van der Waals surface area contributed by atoms with E-state index in [9.17, 15) is 9.90 Å². The molecule has 0 radical (unpaired) electrons. The van der Waals surface area contributed by atoms with Crippen LogP contribution in [0.1, 0.15) is 36.7 Å². The smallest absolute Gasteiger partial charge is 0.303 e. The number of aliphatic hydroxyl groups is 1. The van der Waals surface area contributed by atoms with Crippen LogP contribution in [-0.2, 0) is 11.2 Å². The topological polar surface area (TPSA) is 70.7 Å². The van der Waals surface area contributed by atoms with E-state index in [1.807, 2.05) is 0 Å². The molecule has 4 nitrogen and oxygen atoms in total. The van der Waals surface area contributed by atoms with E-state index in [4.69, 9.17) is 9.52 Å². The molecule has 0 saturated heterocycles. The van der Waals surface area contributed by atoms with E-state index in [2.05, 4.69) is 0 Å². The summed E-state index contributed by atoms with van der Waals surface area (Å²) in [6.45, 7) is 0. The van der Waals surface area contributed by atoms with Gasteiger partial charge in [-0.15, -0.1) is 0 Å². The molecule has 4 heteroatoms. The van der Waals surface area contributed by atoms with Gasteiger partial charge in [0, 0.05) is 18.4 Å². The van der Waals surface area contributed by atoms with Crippen LogP contribution in [0, 0.1) is 5.92 Å². The summed E-state index contributed by atoms with van der Waals surface area (Å²) in [6.07, 6.45) is 3.23. The van der Waals surface area contributed by atoms with E-state index in [-0.39, 0.29) is 12.3 Å². The maximum absolute atomic E-state index is 10.4. The van der Waals surface area contributed by atoms with Crippen LogP contribution >= 0.6 is 0 Å². The highest BCUT2D eigenvalue weighted by molar-refractivity contribution is 5.66. The highest BCUT2D eigenvalue weighted by Crippen LogP contribution is 2.35. The van der Waals surface area contributed by atoms with Crippen LogP contribution in [0.5, 0.6) is 0 Å². The summed E-state index contributed by atoms with van der Waals surface area (Å²) >= 11 is 0. The Morgan fingerprint density at radius 3 is 3.13 bits per heavy atom. The highest BCUT2D eigenvalue weighted by Gasteiger charge is 2.27. The van der Waals surface area contributed by atoms with Gasteiger partial charge in [-0.05, 0) is 24.8 Å². The van der Waals surface area contributed by atoms with Crippen molar-refractivity contribution in [1.29, 1.82) is 0 Å². The molecule has 1 aliphatic carbocycles. The molecule has 2 unspecified atom stereocenters. The lowest BCUT2D eigenvalue weighted by Crippen LogP contribution is -2.18. The van der Waals surface area contributed by atoms with Crippen LogP contribution in [0.15, 0.2) is 16.7 Å². The average molecular weight is 210 g/mol. The van der Waals surface area contributed by atoms with Crippen LogP contribution < -0.4 is 0 Å². The second-order valence-electron chi connectivity index (χ2n) is 4.05. The van der Waals surface area contributed by atoms with Gasteiger partial charge in [0.2, 0.25) is 0 Å². The van der Waals surface area contributed by atoms with Crippen molar-refractivity contribution in [2.45, 2.75) is 31.8 Å². The number of carboxylic acids is 1. The zero-order chi connectivity index (χ0) is 10.8. The van der Waals surface area contributed by atoms with Crippen molar-refractivity contribution in [3.63, 3.8) is 0 Å². The molecule has 15 heavy (non-hydrogen) atoms. The molecule has 2 N–H and O–H groups in total. The number of aliphatic carboxylic acids is 1. The Morgan fingerprint density at radius 2 is 2.40 bits per heavy atom. The minimum Gasteiger partial charge on any atom is -0.481 e. The Balaban J connectivity index is 2.00. The van der Waals surface area contributed by atoms with E-state index in [0.29, 0.717) is 12.8 Å². The van der Waals surface area contributed by atoms with Crippen LogP contribution in [0.2, 0.25) is 0 Å². The number of fused-ring (bicyclic) bond motifs is 1. The minimum absolute atomic E-state index is 0.160. The second kappa shape index (κ2) is 4.06. The molecule has 0 spiro atoms. The van der Waals surface area contributed by atoms with Gasteiger partial charge in [-0.1, -0.05) is 0 Å². The van der Waals surface area contributed by atoms with E-state index in [1.165, 1.54) is 0 Å². The number of carboxylic acid groups (broad SMARTS) is 1. The van der Waals surface area contributed by atoms with Gasteiger partial charge in [0.25, 0.3) is 0 Å². The normalized spacial score (nSPS) is 24.9. The Bertz CT molecular complexity index is 355. The van der Waals surface area contributed by atoms with E-state index in [1.54, 1.807) is 12.3 Å². The van der Waals surface area contributed by atoms with E-state index < -0.39 is 12.1 Å². The first-order chi connectivity index (χ1) is 7.16. The number of furan rings is 1. The Hall–Kier alpha value is -1.29. The molecule has 0 aromatic carbocycles. The second-order valence-corrected chi connectivity index (χ2v) is 4.05. The molecule has 1 aromatic heterocycles. The van der Waals surface area contributed by atoms with Crippen molar-refractivity contribution < 1.29 is 19.4 Å². The summed E-state index contributed by atoms with van der Waals surface area (Å²) in [5.41, 5.74) is 0.863. The van der Waals surface area contributed by atoms with Crippen LogP contribution in [-0.4, -0.2) is 16.2 Å². The first-order valence-electron chi connectivity index (χ1n) is 5.13. The van der Waals surface area contributed by atoms with Gasteiger partial charge in [-0.3, -0.25) is 4.79 Å². The predicted molar refractivity (Wildman–Crippen MR) is 52.3 cm³/mol. The summed E-state index contributed by atoms with van der Waals surface area (Å²) in [5, 5.41) is 18.4. The average Bonchev–Trinajstić information content (AvgIpc) is 2.63. The Labute approximate surface area is 87.5 Å². The number of hydrogen-bond acceptors (Lipinski definition) is 3. The summed E-state index contributed by atoms with van der Waals surface area (Å²) in [4.78, 5) is 10.4. The third kappa shape index (κ3) is 2.21. The molecule has 1 aromatic rings. The van der Waals surface area contributed by atoms with Gasteiger partial charge in [-0.25, -0.2) is 0 Å². The molecule has 82 valence electrons. The number of aliphatic hydroxyl groups excluding tert-OH is 1. The fourth-order valence-corrected chi connectivity index (χ4v) is 2.15. The van der Waals surface area contributed by atoms with Gasteiger partial charge in [-0.2, -0.15) is 0 Å². The number of rotatable bonds is 3. The summed E-state index contributed by atoms with van der Waals surface area (Å²) in [7, 11) is 0. The summed E-state index contributed by atoms with van der Waals surface area (Å²) in [6, 6.07) is 1.79. The lowest BCUT2D eigenvalue weighted by atomic mass is 9.84. The van der Waals surface area contributed by atoms with Gasteiger partial charge in [0.05, 0.1) is 12.4 Å². The SMILES string of the molecule is O=C(O)CCC1Cc2occc2C(O)C1. The quantitative estimate of drug-likeness (QED) is 0.797. The molecule has 0 bridgehead atoms. The fraction of sp³-hybridized carbons (Fsp3) is 0.545. The van der Waals surface area contributed by atoms with Gasteiger partial charge >= 0.3 is 5.97 Å². The molecule has 0 fully saturated rings. The van der Waals surface area contributed by atoms with Crippen molar-refractivity contribution in [2.24, 2.45) is 5.92 Å². The molecule has 1 heterocycles. The van der Waals surface area contributed by atoms with Gasteiger partial charge < -0.3 is 14.6 Å². The zero-order valence-corrected chi connectivity index (χ0v) is 8.35. The van der Waals surface area contributed by atoms with Gasteiger partial charge in [0.15, 0.2) is 0 Å². The molecule has 0 amide bonds. The van der Waals surface area contributed by atoms with Crippen LogP contribution in [0.3, 0.4) is 0 Å². The lowest BCUT2D eigenvalue weighted by molar-refractivity contribution is -0.137. The molecular formula is C11H14O4. The van der Waals surface area contributed by atoms with Crippen molar-refractivity contribution in [3.8, 4) is 0 Å². The molecule has 0 aliphatic heterocycles. The van der Waals surface area contributed by atoms with Crippen molar-refractivity contribution in [3.05, 3.63) is 23.7 Å². The largest absolute Gasteiger partial charge is 0.481 e. The maximum Gasteiger partial charge on any atom is 0.303 e. The highest BCUT2D eigenvalue weighted by atomic mass is 16.4.